The van der Waals surface area contributed by atoms with E-state index in [2.05, 4.69) is 22.9 Å². The van der Waals surface area contributed by atoms with Crippen molar-refractivity contribution in [1.29, 1.82) is 0 Å². The van der Waals surface area contributed by atoms with Crippen molar-refractivity contribution in [2.45, 2.75) is 13.0 Å². The Morgan fingerprint density at radius 3 is 2.48 bits per heavy atom. The van der Waals surface area contributed by atoms with Crippen LogP contribution in [-0.2, 0) is 4.74 Å². The lowest BCUT2D eigenvalue weighted by Crippen LogP contribution is -2.34. The zero-order valence-corrected chi connectivity index (χ0v) is 15.5. The molecule has 2 heterocycles. The lowest BCUT2D eigenvalue weighted by Gasteiger charge is -2.24. The van der Waals surface area contributed by atoms with Gasteiger partial charge >= 0.3 is 0 Å². The van der Waals surface area contributed by atoms with E-state index >= 15 is 0 Å². The Labute approximate surface area is 158 Å². The van der Waals surface area contributed by atoms with E-state index in [4.69, 9.17) is 9.47 Å². The Balaban J connectivity index is 1.85. The Morgan fingerprint density at radius 2 is 1.85 bits per heavy atom. The molecule has 0 bridgehead atoms. The van der Waals surface area contributed by atoms with Gasteiger partial charge in [-0.05, 0) is 72.6 Å². The van der Waals surface area contributed by atoms with Gasteiger partial charge in [0.25, 0.3) is 0 Å². The van der Waals surface area contributed by atoms with E-state index in [-0.39, 0.29) is 11.9 Å². The molecule has 2 aromatic carbocycles. The largest absolute Gasteiger partial charge is 0.497 e. The van der Waals surface area contributed by atoms with Crippen molar-refractivity contribution in [2.24, 2.45) is 0 Å². The van der Waals surface area contributed by atoms with Crippen molar-refractivity contribution in [3.8, 4) is 22.7 Å². The fraction of sp³-hybridized carbons (Fsp3) is 0.273. The molecule has 5 heteroatoms. The van der Waals surface area contributed by atoms with Crippen molar-refractivity contribution in [3.05, 3.63) is 71.7 Å². The van der Waals surface area contributed by atoms with Crippen LogP contribution in [0.15, 0.2) is 54.6 Å². The van der Waals surface area contributed by atoms with Crippen molar-refractivity contribution in [1.82, 2.24) is 9.88 Å². The highest BCUT2D eigenvalue weighted by molar-refractivity contribution is 5.67. The number of rotatable bonds is 4. The maximum absolute atomic E-state index is 13.5. The SMILES string of the molecule is COc1ccc(-c2cc(C3COCCN3)c(C)n2-c2ccc(F)cc2)cc1. The summed E-state index contributed by atoms with van der Waals surface area (Å²) in [4.78, 5) is 0. The van der Waals surface area contributed by atoms with Crippen LogP contribution in [0.4, 0.5) is 4.39 Å². The minimum Gasteiger partial charge on any atom is -0.497 e. The van der Waals surface area contributed by atoms with Gasteiger partial charge in [-0.2, -0.15) is 0 Å². The molecule has 0 aliphatic carbocycles. The van der Waals surface area contributed by atoms with Gasteiger partial charge in [-0.15, -0.1) is 0 Å². The van der Waals surface area contributed by atoms with Crippen LogP contribution in [0, 0.1) is 12.7 Å². The molecule has 1 aliphatic heterocycles. The van der Waals surface area contributed by atoms with Crippen molar-refractivity contribution >= 4 is 0 Å². The summed E-state index contributed by atoms with van der Waals surface area (Å²) in [5.74, 6) is 0.579. The first kappa shape index (κ1) is 17.8. The number of methoxy groups -OCH3 is 1. The predicted octanol–water partition coefficient (Wildman–Crippen LogP) is 4.26. The summed E-state index contributed by atoms with van der Waals surface area (Å²) in [6, 6.07) is 17.0. The smallest absolute Gasteiger partial charge is 0.123 e. The zero-order chi connectivity index (χ0) is 18.8. The summed E-state index contributed by atoms with van der Waals surface area (Å²) in [7, 11) is 1.66. The highest BCUT2D eigenvalue weighted by Crippen LogP contribution is 2.33. The van der Waals surface area contributed by atoms with Gasteiger partial charge in [0.1, 0.15) is 11.6 Å². The van der Waals surface area contributed by atoms with Gasteiger partial charge in [0.2, 0.25) is 0 Å². The normalized spacial score (nSPS) is 17.1. The van der Waals surface area contributed by atoms with Crippen LogP contribution in [0.5, 0.6) is 5.75 Å². The van der Waals surface area contributed by atoms with Crippen LogP contribution in [-0.4, -0.2) is 31.4 Å². The number of nitrogens with one attached hydrogen (secondary N) is 1. The summed E-state index contributed by atoms with van der Waals surface area (Å²) in [6.07, 6.45) is 0. The van der Waals surface area contributed by atoms with Crippen molar-refractivity contribution < 1.29 is 13.9 Å². The third-order valence-electron chi connectivity index (χ3n) is 5.05. The number of nitrogens with zero attached hydrogens (tertiary/aromatic N) is 1. The number of hydrogen-bond acceptors (Lipinski definition) is 3. The fourth-order valence-electron chi connectivity index (χ4n) is 3.64. The first-order valence-electron chi connectivity index (χ1n) is 9.11. The molecule has 1 fully saturated rings. The molecule has 0 radical (unpaired) electrons. The average molecular weight is 366 g/mol. The number of benzene rings is 2. The molecular formula is C22H23FN2O2. The van der Waals surface area contributed by atoms with E-state index in [1.54, 1.807) is 7.11 Å². The second kappa shape index (κ2) is 7.55. The first-order chi connectivity index (χ1) is 13.2. The van der Waals surface area contributed by atoms with Gasteiger partial charge < -0.3 is 19.4 Å². The summed E-state index contributed by atoms with van der Waals surface area (Å²) < 4.78 is 26.6. The number of halogens is 1. The molecule has 4 nitrogen and oxygen atoms in total. The van der Waals surface area contributed by atoms with E-state index < -0.39 is 0 Å². The van der Waals surface area contributed by atoms with Crippen LogP contribution in [0.2, 0.25) is 0 Å². The lowest BCUT2D eigenvalue weighted by atomic mass is 10.1. The second-order valence-electron chi connectivity index (χ2n) is 6.69. The molecule has 140 valence electrons. The lowest BCUT2D eigenvalue weighted by molar-refractivity contribution is 0.0767. The molecule has 0 saturated carbocycles. The number of morpholine rings is 1. The predicted molar refractivity (Wildman–Crippen MR) is 104 cm³/mol. The third-order valence-corrected chi connectivity index (χ3v) is 5.05. The van der Waals surface area contributed by atoms with Crippen LogP contribution >= 0.6 is 0 Å². The zero-order valence-electron chi connectivity index (χ0n) is 15.5. The second-order valence-corrected chi connectivity index (χ2v) is 6.69. The van der Waals surface area contributed by atoms with E-state index in [9.17, 15) is 4.39 Å². The van der Waals surface area contributed by atoms with E-state index in [0.717, 1.165) is 41.5 Å². The summed E-state index contributed by atoms with van der Waals surface area (Å²) in [6.45, 7) is 4.32. The maximum Gasteiger partial charge on any atom is 0.123 e. The molecule has 1 N–H and O–H groups in total. The molecule has 1 atom stereocenters. The van der Waals surface area contributed by atoms with Gasteiger partial charge in [-0.1, -0.05) is 0 Å². The Morgan fingerprint density at radius 1 is 1.11 bits per heavy atom. The van der Waals surface area contributed by atoms with E-state index in [1.165, 1.54) is 17.7 Å². The Hall–Kier alpha value is -2.63. The number of hydrogen-bond donors (Lipinski definition) is 1. The fourth-order valence-corrected chi connectivity index (χ4v) is 3.64. The number of ether oxygens (including phenoxy) is 2. The molecule has 0 spiro atoms. The van der Waals surface area contributed by atoms with Crippen LogP contribution in [0.1, 0.15) is 17.3 Å². The first-order valence-corrected chi connectivity index (χ1v) is 9.11. The quantitative estimate of drug-likeness (QED) is 0.749. The topological polar surface area (TPSA) is 35.4 Å². The van der Waals surface area contributed by atoms with Gasteiger partial charge in [-0.3, -0.25) is 0 Å². The Bertz CT molecular complexity index is 911. The summed E-state index contributed by atoms with van der Waals surface area (Å²) >= 11 is 0. The molecule has 1 unspecified atom stereocenters. The van der Waals surface area contributed by atoms with Gasteiger partial charge in [-0.25, -0.2) is 4.39 Å². The average Bonchev–Trinajstić information content (AvgIpc) is 3.06. The molecule has 3 aromatic rings. The molecule has 4 rings (SSSR count). The molecular weight excluding hydrogens is 343 g/mol. The number of aromatic nitrogens is 1. The minimum atomic E-state index is -0.239. The molecule has 1 aromatic heterocycles. The minimum absolute atomic E-state index is 0.150. The van der Waals surface area contributed by atoms with Crippen molar-refractivity contribution in [2.75, 3.05) is 26.9 Å². The monoisotopic (exact) mass is 366 g/mol. The van der Waals surface area contributed by atoms with Crippen LogP contribution < -0.4 is 10.1 Å². The molecule has 1 aliphatic rings. The Kier molecular flexibility index (Phi) is 4.97. The van der Waals surface area contributed by atoms with Crippen molar-refractivity contribution in [3.63, 3.8) is 0 Å². The van der Waals surface area contributed by atoms with Gasteiger partial charge in [0, 0.05) is 17.9 Å². The molecule has 1 saturated heterocycles. The van der Waals surface area contributed by atoms with Gasteiger partial charge in [0.05, 0.1) is 32.1 Å². The van der Waals surface area contributed by atoms with E-state index in [1.807, 2.05) is 36.4 Å². The molecule has 27 heavy (non-hydrogen) atoms. The van der Waals surface area contributed by atoms with Crippen LogP contribution in [0.25, 0.3) is 16.9 Å². The third kappa shape index (κ3) is 3.48. The van der Waals surface area contributed by atoms with Crippen LogP contribution in [0.3, 0.4) is 0 Å². The summed E-state index contributed by atoms with van der Waals surface area (Å²) in [5.41, 5.74) is 5.39. The molecule has 0 amide bonds. The highest BCUT2D eigenvalue weighted by atomic mass is 19.1. The highest BCUT2D eigenvalue weighted by Gasteiger charge is 2.23. The maximum atomic E-state index is 13.5. The summed E-state index contributed by atoms with van der Waals surface area (Å²) in [5, 5.41) is 3.53. The van der Waals surface area contributed by atoms with Gasteiger partial charge in [0.15, 0.2) is 0 Å². The standard InChI is InChI=1S/C22H23FN2O2/c1-15-20(21-14-27-12-11-24-21)13-22(16-3-9-19(26-2)10-4-16)25(15)18-7-5-17(23)6-8-18/h3-10,13,21,24H,11-12,14H2,1-2H3. The van der Waals surface area contributed by atoms with E-state index in [0.29, 0.717) is 6.61 Å².